The third-order valence-corrected chi connectivity index (χ3v) is 2.38. The maximum absolute atomic E-state index is 11.3. The fourth-order valence-electron chi connectivity index (χ4n) is 1.68. The Morgan fingerprint density at radius 3 is 2.25 bits per heavy atom. The number of aryl methyl sites for hydroxylation is 2. The average Bonchev–Trinajstić information content (AvgIpc) is 2.29. The molecule has 0 unspecified atom stereocenters. The Kier molecular flexibility index (Phi) is 2.23. The third-order valence-electron chi connectivity index (χ3n) is 2.38. The van der Waals surface area contributed by atoms with E-state index in [0.717, 1.165) is 11.1 Å². The van der Waals surface area contributed by atoms with Gasteiger partial charge in [-0.15, -0.1) is 0 Å². The highest BCUT2D eigenvalue weighted by atomic mass is 16.2. The number of nitrogens with one attached hydrogen (secondary N) is 2. The highest BCUT2D eigenvalue weighted by Crippen LogP contribution is 2.13. The summed E-state index contributed by atoms with van der Waals surface area (Å²) in [5, 5.41) is 0. The molecule has 1 aromatic carbocycles. The van der Waals surface area contributed by atoms with Crippen molar-refractivity contribution in [3.05, 3.63) is 54.2 Å². The molecule has 16 heavy (non-hydrogen) atoms. The fourth-order valence-corrected chi connectivity index (χ4v) is 1.68. The Balaban J connectivity index is 3.19. The Morgan fingerprint density at radius 1 is 0.938 bits per heavy atom. The summed E-state index contributed by atoms with van der Waals surface area (Å²) in [5.41, 5.74) is -0.187. The molecule has 5 nitrogen and oxygen atoms in total. The van der Waals surface area contributed by atoms with Gasteiger partial charge in [0.15, 0.2) is 0 Å². The van der Waals surface area contributed by atoms with Gasteiger partial charge in [0.2, 0.25) is 0 Å². The Labute approximate surface area is 89.8 Å². The molecule has 2 rings (SSSR count). The maximum Gasteiger partial charge on any atom is 0.307 e. The normalized spacial score (nSPS) is 10.6. The second-order valence-electron chi connectivity index (χ2n) is 3.74. The van der Waals surface area contributed by atoms with Gasteiger partial charge in [0, 0.05) is 0 Å². The average molecular weight is 218 g/mol. The number of rotatable bonds is 0. The molecule has 0 fully saturated rings. The monoisotopic (exact) mass is 218 g/mol. The van der Waals surface area contributed by atoms with Gasteiger partial charge in [0.25, 0.3) is 0 Å². The lowest BCUT2D eigenvalue weighted by Crippen LogP contribution is -2.36. The molecular weight excluding hydrogens is 208 g/mol. The van der Waals surface area contributed by atoms with Crippen molar-refractivity contribution in [1.82, 2.24) is 9.97 Å². The molecule has 1 heterocycles. The highest BCUT2D eigenvalue weighted by molar-refractivity contribution is 5.77. The predicted molar refractivity (Wildman–Crippen MR) is 60.9 cm³/mol. The van der Waals surface area contributed by atoms with Crippen LogP contribution in [0.25, 0.3) is 11.0 Å². The van der Waals surface area contributed by atoms with E-state index in [9.17, 15) is 14.4 Å². The summed E-state index contributed by atoms with van der Waals surface area (Å²) in [4.78, 5) is 38.6. The lowest BCUT2D eigenvalue weighted by molar-refractivity contribution is 1.22. The van der Waals surface area contributed by atoms with Crippen molar-refractivity contribution in [3.8, 4) is 0 Å². The summed E-state index contributed by atoms with van der Waals surface area (Å²) in [7, 11) is 0. The number of aromatic amines is 2. The number of fused-ring (bicyclic) bond motifs is 1. The molecule has 2 aromatic rings. The van der Waals surface area contributed by atoms with E-state index < -0.39 is 16.5 Å². The molecule has 0 spiro atoms. The smallest absolute Gasteiger partial charge is 0.307 e. The zero-order chi connectivity index (χ0) is 11.9. The van der Waals surface area contributed by atoms with Crippen LogP contribution in [-0.2, 0) is 0 Å². The van der Waals surface area contributed by atoms with Crippen LogP contribution in [0, 0.1) is 13.8 Å². The summed E-state index contributed by atoms with van der Waals surface area (Å²) in [6.07, 6.45) is 0. The highest BCUT2D eigenvalue weighted by Gasteiger charge is 2.03. The van der Waals surface area contributed by atoms with Crippen LogP contribution in [0.5, 0.6) is 0 Å². The van der Waals surface area contributed by atoms with Crippen molar-refractivity contribution < 1.29 is 0 Å². The Morgan fingerprint density at radius 2 is 1.56 bits per heavy atom. The van der Waals surface area contributed by atoms with Gasteiger partial charge in [-0.3, -0.25) is 14.4 Å². The molecule has 0 radical (unpaired) electrons. The number of hydrogen-bond acceptors (Lipinski definition) is 3. The largest absolute Gasteiger partial charge is 0.317 e. The molecular formula is C11H10N2O3. The fraction of sp³-hybridized carbons (Fsp3) is 0.182. The van der Waals surface area contributed by atoms with Gasteiger partial charge in [-0.1, -0.05) is 6.07 Å². The number of aromatic nitrogens is 2. The second kappa shape index (κ2) is 3.44. The number of benzene rings is 1. The summed E-state index contributed by atoms with van der Waals surface area (Å²) < 4.78 is 0. The van der Waals surface area contributed by atoms with Crippen LogP contribution >= 0.6 is 0 Å². The van der Waals surface area contributed by atoms with E-state index in [1.807, 2.05) is 13.0 Å². The van der Waals surface area contributed by atoms with Gasteiger partial charge in [0.1, 0.15) is 0 Å². The maximum atomic E-state index is 11.3. The van der Waals surface area contributed by atoms with E-state index >= 15 is 0 Å². The molecule has 0 amide bonds. The first-order valence-electron chi connectivity index (χ1n) is 4.77. The molecule has 5 heteroatoms. The van der Waals surface area contributed by atoms with Crippen molar-refractivity contribution >= 4 is 11.0 Å². The second-order valence-corrected chi connectivity index (χ2v) is 3.74. The topological polar surface area (TPSA) is 82.8 Å². The van der Waals surface area contributed by atoms with E-state index in [-0.39, 0.29) is 0 Å². The SMILES string of the molecule is Cc1cc(C)c2[nH]c(=O)c(=O)c(=O)[nH]c2c1. The summed E-state index contributed by atoms with van der Waals surface area (Å²) in [6, 6.07) is 3.57. The summed E-state index contributed by atoms with van der Waals surface area (Å²) >= 11 is 0. The van der Waals surface area contributed by atoms with Crippen LogP contribution in [0.2, 0.25) is 0 Å². The van der Waals surface area contributed by atoms with Crippen LogP contribution in [0.1, 0.15) is 11.1 Å². The zero-order valence-electron chi connectivity index (χ0n) is 8.88. The molecule has 0 atom stereocenters. The molecule has 0 aliphatic heterocycles. The minimum Gasteiger partial charge on any atom is -0.317 e. The molecule has 0 aliphatic rings. The zero-order valence-corrected chi connectivity index (χ0v) is 8.88. The molecule has 0 saturated carbocycles. The first kappa shape index (κ1) is 10.4. The van der Waals surface area contributed by atoms with E-state index in [4.69, 9.17) is 0 Å². The van der Waals surface area contributed by atoms with Crippen molar-refractivity contribution in [2.45, 2.75) is 13.8 Å². The standard InChI is InChI=1S/C11H10N2O3/c1-5-3-6(2)8-7(4-5)12-10(15)9(14)11(16)13-8/h3-4H,1-2H3,(H2,12,13,14,15,16). The molecule has 2 N–H and O–H groups in total. The van der Waals surface area contributed by atoms with Crippen molar-refractivity contribution in [3.63, 3.8) is 0 Å². The summed E-state index contributed by atoms with van der Waals surface area (Å²) in [5.74, 6) is 0. The Bertz CT molecular complexity index is 741. The molecule has 0 aliphatic carbocycles. The van der Waals surface area contributed by atoms with E-state index in [1.165, 1.54) is 0 Å². The summed E-state index contributed by atoms with van der Waals surface area (Å²) in [6.45, 7) is 3.67. The van der Waals surface area contributed by atoms with Gasteiger partial charge in [-0.2, -0.15) is 0 Å². The van der Waals surface area contributed by atoms with Gasteiger partial charge < -0.3 is 9.97 Å². The van der Waals surface area contributed by atoms with Crippen molar-refractivity contribution in [2.75, 3.05) is 0 Å². The quantitative estimate of drug-likeness (QED) is 0.619. The first-order valence-corrected chi connectivity index (χ1v) is 4.77. The van der Waals surface area contributed by atoms with E-state index in [2.05, 4.69) is 9.97 Å². The van der Waals surface area contributed by atoms with Crippen LogP contribution in [0.3, 0.4) is 0 Å². The van der Waals surface area contributed by atoms with E-state index in [1.54, 1.807) is 13.0 Å². The lowest BCUT2D eigenvalue weighted by atomic mass is 10.1. The van der Waals surface area contributed by atoms with Crippen LogP contribution in [0.4, 0.5) is 0 Å². The van der Waals surface area contributed by atoms with Crippen LogP contribution in [-0.4, -0.2) is 9.97 Å². The molecule has 1 aromatic heterocycles. The predicted octanol–water partition coefficient (Wildman–Crippen LogP) is 0.193. The Hall–Kier alpha value is -2.17. The molecule has 0 saturated heterocycles. The third kappa shape index (κ3) is 1.56. The van der Waals surface area contributed by atoms with Crippen LogP contribution in [0.15, 0.2) is 26.5 Å². The van der Waals surface area contributed by atoms with Gasteiger partial charge in [-0.05, 0) is 31.0 Å². The number of H-pyrrole nitrogens is 2. The molecule has 82 valence electrons. The minimum absolute atomic E-state index is 0.460. The minimum atomic E-state index is -1.08. The molecule has 0 bridgehead atoms. The number of hydrogen-bond donors (Lipinski definition) is 2. The van der Waals surface area contributed by atoms with Crippen molar-refractivity contribution in [2.24, 2.45) is 0 Å². The van der Waals surface area contributed by atoms with Gasteiger partial charge in [-0.25, -0.2) is 0 Å². The van der Waals surface area contributed by atoms with E-state index in [0.29, 0.717) is 11.0 Å². The van der Waals surface area contributed by atoms with Gasteiger partial charge >= 0.3 is 16.5 Å². The first-order chi connectivity index (χ1) is 7.49. The van der Waals surface area contributed by atoms with Crippen LogP contribution < -0.4 is 16.5 Å². The van der Waals surface area contributed by atoms with Crippen molar-refractivity contribution in [1.29, 1.82) is 0 Å². The lowest BCUT2D eigenvalue weighted by Gasteiger charge is -1.99. The van der Waals surface area contributed by atoms with Gasteiger partial charge in [0.05, 0.1) is 11.0 Å².